The van der Waals surface area contributed by atoms with Crippen LogP contribution in [0.4, 0.5) is 0 Å². The van der Waals surface area contributed by atoms with Crippen LogP contribution in [-0.4, -0.2) is 33.2 Å². The number of aromatic nitrogens is 2. The van der Waals surface area contributed by atoms with Crippen molar-refractivity contribution in [2.24, 2.45) is 0 Å². The van der Waals surface area contributed by atoms with Gasteiger partial charge in [-0.15, -0.1) is 0 Å². The molecule has 1 aliphatic heterocycles. The van der Waals surface area contributed by atoms with Crippen LogP contribution in [0.2, 0.25) is 0 Å². The molecule has 1 aromatic heterocycles. The van der Waals surface area contributed by atoms with Crippen molar-refractivity contribution in [2.45, 2.75) is 6.42 Å². The fourth-order valence-corrected chi connectivity index (χ4v) is 2.06. The lowest BCUT2D eigenvalue weighted by molar-refractivity contribution is 0.0675. The summed E-state index contributed by atoms with van der Waals surface area (Å²) in [4.78, 5) is 32.2. The first-order valence-corrected chi connectivity index (χ1v) is 6.16. The number of benzene rings is 1. The number of hydrogen-bond donors (Lipinski definition) is 1. The first-order chi connectivity index (χ1) is 9.77. The maximum absolute atomic E-state index is 12.0. The Hall–Kier alpha value is -2.87. The van der Waals surface area contributed by atoms with Gasteiger partial charge in [0.1, 0.15) is 5.82 Å². The van der Waals surface area contributed by atoms with Crippen LogP contribution in [0, 0.1) is 11.8 Å². The van der Waals surface area contributed by atoms with Gasteiger partial charge in [-0.1, -0.05) is 24.0 Å². The first kappa shape index (κ1) is 12.2. The van der Waals surface area contributed by atoms with Crippen molar-refractivity contribution in [3.8, 4) is 11.8 Å². The van der Waals surface area contributed by atoms with Crippen LogP contribution in [0.1, 0.15) is 26.5 Å². The van der Waals surface area contributed by atoms with Gasteiger partial charge in [-0.05, 0) is 12.1 Å². The van der Waals surface area contributed by atoms with E-state index in [4.69, 9.17) is 0 Å². The zero-order valence-corrected chi connectivity index (χ0v) is 10.6. The van der Waals surface area contributed by atoms with E-state index in [1.807, 2.05) is 0 Å². The molecule has 0 spiro atoms. The zero-order valence-electron chi connectivity index (χ0n) is 10.6. The van der Waals surface area contributed by atoms with Gasteiger partial charge in [-0.2, -0.15) is 0 Å². The van der Waals surface area contributed by atoms with Crippen molar-refractivity contribution in [3.05, 3.63) is 53.6 Å². The van der Waals surface area contributed by atoms with Crippen LogP contribution in [0.25, 0.3) is 0 Å². The molecule has 2 aromatic rings. The Labute approximate surface area is 115 Å². The SMILES string of the molecule is O=C1c2ccccc2C(=O)N1CC#CCc1ncc[nH]1. The van der Waals surface area contributed by atoms with E-state index in [0.29, 0.717) is 17.5 Å². The summed E-state index contributed by atoms with van der Waals surface area (Å²) < 4.78 is 0. The molecule has 3 rings (SSSR count). The van der Waals surface area contributed by atoms with Gasteiger partial charge in [0.15, 0.2) is 0 Å². The molecule has 2 heterocycles. The van der Waals surface area contributed by atoms with E-state index < -0.39 is 0 Å². The minimum atomic E-state index is -0.280. The Morgan fingerprint density at radius 3 is 2.40 bits per heavy atom. The lowest BCUT2D eigenvalue weighted by Crippen LogP contribution is -2.30. The van der Waals surface area contributed by atoms with Gasteiger partial charge in [-0.3, -0.25) is 14.5 Å². The van der Waals surface area contributed by atoms with Gasteiger partial charge >= 0.3 is 0 Å². The minimum Gasteiger partial charge on any atom is -0.348 e. The highest BCUT2D eigenvalue weighted by molar-refractivity contribution is 6.21. The average molecular weight is 265 g/mol. The molecule has 98 valence electrons. The van der Waals surface area contributed by atoms with E-state index in [1.165, 1.54) is 4.90 Å². The van der Waals surface area contributed by atoms with Crippen LogP contribution >= 0.6 is 0 Å². The number of nitrogens with one attached hydrogen (secondary N) is 1. The normalized spacial score (nSPS) is 13.1. The first-order valence-electron chi connectivity index (χ1n) is 6.16. The summed E-state index contributed by atoms with van der Waals surface area (Å²) in [6.07, 6.45) is 3.85. The molecule has 1 N–H and O–H groups in total. The molecule has 5 nitrogen and oxygen atoms in total. The highest BCUT2D eigenvalue weighted by Crippen LogP contribution is 2.21. The number of imidazole rings is 1. The highest BCUT2D eigenvalue weighted by Gasteiger charge is 2.34. The maximum Gasteiger partial charge on any atom is 0.262 e. The van der Waals surface area contributed by atoms with Crippen molar-refractivity contribution in [1.29, 1.82) is 0 Å². The predicted molar refractivity (Wildman–Crippen MR) is 71.9 cm³/mol. The fraction of sp³-hybridized carbons (Fsp3) is 0.133. The van der Waals surface area contributed by atoms with Crippen molar-refractivity contribution >= 4 is 11.8 Å². The van der Waals surface area contributed by atoms with Crippen molar-refractivity contribution in [1.82, 2.24) is 14.9 Å². The molecule has 1 aromatic carbocycles. The minimum absolute atomic E-state index is 0.104. The molecule has 0 saturated carbocycles. The van der Waals surface area contributed by atoms with E-state index >= 15 is 0 Å². The quantitative estimate of drug-likeness (QED) is 0.656. The molecule has 5 heteroatoms. The molecular weight excluding hydrogens is 254 g/mol. The lowest BCUT2D eigenvalue weighted by Gasteiger charge is -2.08. The second-order valence-electron chi connectivity index (χ2n) is 4.31. The largest absolute Gasteiger partial charge is 0.348 e. The van der Waals surface area contributed by atoms with Crippen LogP contribution in [0.15, 0.2) is 36.7 Å². The number of H-pyrrole nitrogens is 1. The number of rotatable bonds is 2. The molecule has 1 aliphatic rings. The fourth-order valence-electron chi connectivity index (χ4n) is 2.06. The summed E-state index contributed by atoms with van der Waals surface area (Å²) in [6, 6.07) is 6.81. The predicted octanol–water partition coefficient (Wildman–Crippen LogP) is 1.25. The van der Waals surface area contributed by atoms with E-state index in [1.54, 1.807) is 36.7 Å². The molecule has 0 fully saturated rings. The topological polar surface area (TPSA) is 66.1 Å². The Balaban J connectivity index is 1.70. The van der Waals surface area contributed by atoms with Gasteiger partial charge in [0, 0.05) is 12.4 Å². The second-order valence-corrected chi connectivity index (χ2v) is 4.31. The Morgan fingerprint density at radius 2 is 1.80 bits per heavy atom. The monoisotopic (exact) mass is 265 g/mol. The van der Waals surface area contributed by atoms with Crippen LogP contribution in [0.5, 0.6) is 0 Å². The smallest absolute Gasteiger partial charge is 0.262 e. The summed E-state index contributed by atoms with van der Waals surface area (Å²) >= 11 is 0. The van der Waals surface area contributed by atoms with E-state index in [-0.39, 0.29) is 18.4 Å². The van der Waals surface area contributed by atoms with Crippen molar-refractivity contribution < 1.29 is 9.59 Å². The third-order valence-corrected chi connectivity index (χ3v) is 3.05. The molecule has 2 amide bonds. The number of amides is 2. The van der Waals surface area contributed by atoms with Crippen molar-refractivity contribution in [2.75, 3.05) is 6.54 Å². The molecule has 0 bridgehead atoms. The zero-order chi connectivity index (χ0) is 13.9. The second kappa shape index (κ2) is 5.02. The van der Waals surface area contributed by atoms with Gasteiger partial charge < -0.3 is 4.98 Å². The summed E-state index contributed by atoms with van der Waals surface area (Å²) in [6.45, 7) is 0.104. The molecule has 0 saturated heterocycles. The Morgan fingerprint density at radius 1 is 1.10 bits per heavy atom. The van der Waals surface area contributed by atoms with E-state index in [0.717, 1.165) is 5.82 Å². The standard InChI is InChI=1S/C15H11N3O2/c19-14-11-5-1-2-6-12(11)15(20)18(14)10-4-3-7-13-16-8-9-17-13/h1-2,5-6,8-9H,7,10H2,(H,16,17). The third-order valence-electron chi connectivity index (χ3n) is 3.05. The number of imide groups is 1. The van der Waals surface area contributed by atoms with E-state index in [2.05, 4.69) is 21.8 Å². The van der Waals surface area contributed by atoms with E-state index in [9.17, 15) is 9.59 Å². The number of carbonyl (C=O) groups excluding carboxylic acids is 2. The number of fused-ring (bicyclic) bond motifs is 1. The van der Waals surface area contributed by atoms with Gasteiger partial charge in [0.2, 0.25) is 0 Å². The summed E-state index contributed by atoms with van der Waals surface area (Å²) in [5.41, 5.74) is 0.899. The molecule has 0 atom stereocenters. The third kappa shape index (κ3) is 2.08. The lowest BCUT2D eigenvalue weighted by atomic mass is 10.1. The van der Waals surface area contributed by atoms with Gasteiger partial charge in [0.25, 0.3) is 11.8 Å². The number of hydrogen-bond acceptors (Lipinski definition) is 3. The molecular formula is C15H11N3O2. The van der Waals surface area contributed by atoms with Crippen LogP contribution in [-0.2, 0) is 6.42 Å². The number of aromatic amines is 1. The summed E-state index contributed by atoms with van der Waals surface area (Å²) in [5.74, 6) is 5.93. The summed E-state index contributed by atoms with van der Waals surface area (Å²) in [5, 5.41) is 0. The number of carbonyl (C=O) groups is 2. The molecule has 0 aliphatic carbocycles. The Bertz CT molecular complexity index is 688. The highest BCUT2D eigenvalue weighted by atomic mass is 16.2. The van der Waals surface area contributed by atoms with Gasteiger partial charge in [0.05, 0.1) is 24.1 Å². The van der Waals surface area contributed by atoms with Gasteiger partial charge in [-0.25, -0.2) is 4.98 Å². The van der Waals surface area contributed by atoms with Crippen LogP contribution in [0.3, 0.4) is 0 Å². The number of nitrogens with zero attached hydrogens (tertiary/aromatic N) is 2. The molecule has 0 unspecified atom stereocenters. The average Bonchev–Trinajstić information content (AvgIpc) is 3.06. The van der Waals surface area contributed by atoms with Crippen LogP contribution < -0.4 is 0 Å². The molecule has 0 radical (unpaired) electrons. The summed E-state index contributed by atoms with van der Waals surface area (Å²) in [7, 11) is 0. The van der Waals surface area contributed by atoms with Crippen molar-refractivity contribution in [3.63, 3.8) is 0 Å². The molecule has 20 heavy (non-hydrogen) atoms. The maximum atomic E-state index is 12.0. The Kier molecular flexibility index (Phi) is 3.05.